The van der Waals surface area contributed by atoms with Crippen LogP contribution in [0.2, 0.25) is 0 Å². The molecule has 0 aliphatic carbocycles. The van der Waals surface area contributed by atoms with Gasteiger partial charge in [0.1, 0.15) is 6.10 Å². The summed E-state index contributed by atoms with van der Waals surface area (Å²) in [5, 5.41) is 8.70. The van der Waals surface area contributed by atoms with Crippen molar-refractivity contribution in [3.05, 3.63) is 0 Å². The van der Waals surface area contributed by atoms with Crippen LogP contribution in [0, 0.1) is 5.92 Å². The van der Waals surface area contributed by atoms with Crippen LogP contribution in [0.5, 0.6) is 0 Å². The second-order valence-electron chi connectivity index (χ2n) is 3.56. The largest absolute Gasteiger partial charge is 0.414 e. The van der Waals surface area contributed by atoms with Gasteiger partial charge in [0.15, 0.2) is 9.84 Å². The quantitative estimate of drug-likeness (QED) is 0.763. The Kier molecular flexibility index (Phi) is 3.10. The first-order valence-electron chi connectivity index (χ1n) is 4.16. The zero-order valence-electron chi connectivity index (χ0n) is 7.29. The molecule has 0 aromatic rings. The van der Waals surface area contributed by atoms with Crippen molar-refractivity contribution >= 4 is 9.84 Å². The Bertz CT molecular complexity index is 296. The fourth-order valence-electron chi connectivity index (χ4n) is 1.51. The molecule has 1 N–H and O–H groups in total. The van der Waals surface area contributed by atoms with Crippen molar-refractivity contribution in [2.75, 3.05) is 11.5 Å². The first-order chi connectivity index (χ1) is 6.21. The summed E-state index contributed by atoms with van der Waals surface area (Å²) in [5.41, 5.74) is 0. The molecule has 84 valence electrons. The van der Waals surface area contributed by atoms with Gasteiger partial charge in [-0.3, -0.25) is 0 Å². The number of aliphatic hydroxyl groups excluding tert-OH is 1. The summed E-state index contributed by atoms with van der Waals surface area (Å²) in [4.78, 5) is 0. The second kappa shape index (κ2) is 3.69. The maximum absolute atomic E-state index is 11.9. The summed E-state index contributed by atoms with van der Waals surface area (Å²) >= 11 is 0. The SMILES string of the molecule is O=S1(=O)CCC(CC(O)C(F)(F)F)C1. The Balaban J connectivity index is 2.48. The summed E-state index contributed by atoms with van der Waals surface area (Å²) in [6.45, 7) is 0. The van der Waals surface area contributed by atoms with Crippen LogP contribution in [0.15, 0.2) is 0 Å². The Hall–Kier alpha value is -0.300. The smallest absolute Gasteiger partial charge is 0.384 e. The predicted octanol–water partition coefficient (Wildman–Crippen LogP) is 0.734. The molecule has 1 heterocycles. The van der Waals surface area contributed by atoms with Gasteiger partial charge < -0.3 is 5.11 Å². The van der Waals surface area contributed by atoms with Gasteiger partial charge >= 0.3 is 6.18 Å². The monoisotopic (exact) mass is 232 g/mol. The molecule has 1 saturated heterocycles. The maximum atomic E-state index is 11.9. The van der Waals surface area contributed by atoms with E-state index in [-0.39, 0.29) is 17.9 Å². The number of hydrogen-bond acceptors (Lipinski definition) is 3. The molecule has 14 heavy (non-hydrogen) atoms. The molecular weight excluding hydrogens is 221 g/mol. The lowest BCUT2D eigenvalue weighted by Crippen LogP contribution is -2.31. The molecule has 0 aromatic heterocycles. The summed E-state index contributed by atoms with van der Waals surface area (Å²) < 4.78 is 57.5. The average Bonchev–Trinajstić information content (AvgIpc) is 2.28. The van der Waals surface area contributed by atoms with Crippen molar-refractivity contribution in [1.29, 1.82) is 0 Å². The van der Waals surface area contributed by atoms with Gasteiger partial charge in [0.2, 0.25) is 0 Å². The molecule has 0 amide bonds. The highest BCUT2D eigenvalue weighted by molar-refractivity contribution is 7.91. The van der Waals surface area contributed by atoms with Crippen LogP contribution in [0.4, 0.5) is 13.2 Å². The minimum absolute atomic E-state index is 0.0672. The lowest BCUT2D eigenvalue weighted by atomic mass is 10.0. The van der Waals surface area contributed by atoms with Crippen LogP contribution < -0.4 is 0 Å². The normalized spacial score (nSPS) is 29.0. The van der Waals surface area contributed by atoms with Crippen molar-refractivity contribution in [2.45, 2.75) is 25.1 Å². The zero-order chi connectivity index (χ0) is 11.0. The molecule has 1 aliphatic heterocycles. The fourth-order valence-corrected chi connectivity index (χ4v) is 3.39. The third kappa shape index (κ3) is 3.13. The number of aliphatic hydroxyl groups is 1. The average molecular weight is 232 g/mol. The summed E-state index contributed by atoms with van der Waals surface area (Å²) in [6.07, 6.45) is -7.34. The van der Waals surface area contributed by atoms with Crippen molar-refractivity contribution in [3.8, 4) is 0 Å². The van der Waals surface area contributed by atoms with Crippen LogP contribution in [-0.2, 0) is 9.84 Å². The standard InChI is InChI=1S/C7H11F3O3S/c8-7(9,10)6(11)3-5-1-2-14(12,13)4-5/h5-6,11H,1-4H2. The van der Waals surface area contributed by atoms with E-state index in [1.165, 1.54) is 0 Å². The Morgan fingerprint density at radius 3 is 2.36 bits per heavy atom. The molecule has 0 bridgehead atoms. The van der Waals surface area contributed by atoms with Gasteiger partial charge in [-0.15, -0.1) is 0 Å². The molecule has 0 spiro atoms. The third-order valence-electron chi connectivity index (χ3n) is 2.26. The summed E-state index contributed by atoms with van der Waals surface area (Å²) in [5.74, 6) is -0.862. The molecule has 0 aromatic carbocycles. The minimum atomic E-state index is -4.65. The second-order valence-corrected chi connectivity index (χ2v) is 5.79. The Morgan fingerprint density at radius 2 is 2.00 bits per heavy atom. The van der Waals surface area contributed by atoms with Crippen LogP contribution in [0.3, 0.4) is 0 Å². The van der Waals surface area contributed by atoms with Gasteiger partial charge in [-0.1, -0.05) is 0 Å². The molecule has 3 nitrogen and oxygen atoms in total. The minimum Gasteiger partial charge on any atom is -0.384 e. The Morgan fingerprint density at radius 1 is 1.43 bits per heavy atom. The zero-order valence-corrected chi connectivity index (χ0v) is 8.11. The molecule has 1 aliphatic rings. The van der Waals surface area contributed by atoms with E-state index in [0.717, 1.165) is 0 Å². The molecule has 0 radical (unpaired) electrons. The first-order valence-corrected chi connectivity index (χ1v) is 5.98. The molecular formula is C7H11F3O3S. The molecule has 1 fully saturated rings. The van der Waals surface area contributed by atoms with Gasteiger partial charge in [0, 0.05) is 0 Å². The lowest BCUT2D eigenvalue weighted by molar-refractivity contribution is -0.207. The highest BCUT2D eigenvalue weighted by Gasteiger charge is 2.41. The van der Waals surface area contributed by atoms with E-state index in [1.54, 1.807) is 0 Å². The van der Waals surface area contributed by atoms with Crippen molar-refractivity contribution in [1.82, 2.24) is 0 Å². The number of alkyl halides is 3. The van der Waals surface area contributed by atoms with Crippen LogP contribution in [-0.4, -0.2) is 37.3 Å². The van der Waals surface area contributed by atoms with Gasteiger partial charge in [-0.05, 0) is 18.8 Å². The van der Waals surface area contributed by atoms with Crippen molar-refractivity contribution in [2.24, 2.45) is 5.92 Å². The number of rotatable bonds is 2. The maximum Gasteiger partial charge on any atom is 0.414 e. The third-order valence-corrected chi connectivity index (χ3v) is 4.10. The van der Waals surface area contributed by atoms with Crippen LogP contribution in [0.1, 0.15) is 12.8 Å². The van der Waals surface area contributed by atoms with Gasteiger partial charge in [-0.2, -0.15) is 13.2 Å². The summed E-state index contributed by atoms with van der Waals surface area (Å²) in [7, 11) is -3.17. The van der Waals surface area contributed by atoms with Gasteiger partial charge in [0.05, 0.1) is 11.5 Å². The van der Waals surface area contributed by atoms with E-state index in [9.17, 15) is 21.6 Å². The first kappa shape index (κ1) is 11.8. The highest BCUT2D eigenvalue weighted by atomic mass is 32.2. The van der Waals surface area contributed by atoms with Crippen LogP contribution in [0.25, 0.3) is 0 Å². The highest BCUT2D eigenvalue weighted by Crippen LogP contribution is 2.29. The van der Waals surface area contributed by atoms with E-state index in [2.05, 4.69) is 0 Å². The molecule has 2 atom stereocenters. The summed E-state index contributed by atoms with van der Waals surface area (Å²) in [6, 6.07) is 0. The lowest BCUT2D eigenvalue weighted by Gasteiger charge is -2.17. The molecule has 2 unspecified atom stereocenters. The molecule has 0 saturated carbocycles. The van der Waals surface area contributed by atoms with E-state index in [4.69, 9.17) is 5.11 Å². The number of sulfone groups is 1. The number of hydrogen-bond donors (Lipinski definition) is 1. The van der Waals surface area contributed by atoms with Crippen LogP contribution >= 0.6 is 0 Å². The fraction of sp³-hybridized carbons (Fsp3) is 1.00. The van der Waals surface area contributed by atoms with Gasteiger partial charge in [0.25, 0.3) is 0 Å². The van der Waals surface area contributed by atoms with Gasteiger partial charge in [-0.25, -0.2) is 8.42 Å². The Labute approximate surface area is 79.8 Å². The predicted molar refractivity (Wildman–Crippen MR) is 43.4 cm³/mol. The van der Waals surface area contributed by atoms with Crippen molar-refractivity contribution < 1.29 is 26.7 Å². The topological polar surface area (TPSA) is 54.4 Å². The molecule has 1 rings (SSSR count). The van der Waals surface area contributed by atoms with Crippen molar-refractivity contribution in [3.63, 3.8) is 0 Å². The van der Waals surface area contributed by atoms with E-state index >= 15 is 0 Å². The van der Waals surface area contributed by atoms with E-state index in [0.29, 0.717) is 0 Å². The number of halogens is 3. The van der Waals surface area contributed by atoms with E-state index in [1.807, 2.05) is 0 Å². The molecule has 7 heteroatoms. The van der Waals surface area contributed by atoms with E-state index < -0.39 is 34.5 Å².